The molecule has 1 aliphatic carbocycles. The summed E-state index contributed by atoms with van der Waals surface area (Å²) in [5.41, 5.74) is 12.0. The summed E-state index contributed by atoms with van der Waals surface area (Å²) in [4.78, 5) is 6.32. The van der Waals surface area contributed by atoms with Gasteiger partial charge in [0.1, 0.15) is 5.01 Å². The number of hydrogen-bond acceptors (Lipinski definition) is 3. The molecular formula is C18H16N2S. The van der Waals surface area contributed by atoms with E-state index in [1.165, 1.54) is 27.3 Å². The van der Waals surface area contributed by atoms with E-state index in [2.05, 4.69) is 48.5 Å². The summed E-state index contributed by atoms with van der Waals surface area (Å²) >= 11 is 1.82. The molecule has 3 heteroatoms. The molecule has 0 unspecified atom stereocenters. The van der Waals surface area contributed by atoms with Crippen LogP contribution in [0.5, 0.6) is 0 Å². The third-order valence-corrected chi connectivity index (χ3v) is 5.17. The average molecular weight is 292 g/mol. The predicted octanol–water partition coefficient (Wildman–Crippen LogP) is 4.03. The van der Waals surface area contributed by atoms with Gasteiger partial charge in [-0.2, -0.15) is 0 Å². The molecule has 1 heterocycles. The smallest absolute Gasteiger partial charge is 0.124 e. The second kappa shape index (κ2) is 5.10. The molecule has 0 bridgehead atoms. The van der Waals surface area contributed by atoms with Crippen molar-refractivity contribution in [3.8, 4) is 21.8 Å². The Morgan fingerprint density at radius 3 is 2.86 bits per heavy atom. The van der Waals surface area contributed by atoms with Gasteiger partial charge in [-0.05, 0) is 30.0 Å². The Labute approximate surface area is 128 Å². The van der Waals surface area contributed by atoms with Crippen LogP contribution >= 0.6 is 11.3 Å². The van der Waals surface area contributed by atoms with E-state index in [0.717, 1.165) is 23.4 Å². The lowest BCUT2D eigenvalue weighted by Crippen LogP contribution is -2.01. The fourth-order valence-corrected chi connectivity index (χ4v) is 3.98. The van der Waals surface area contributed by atoms with Crippen LogP contribution in [-0.2, 0) is 19.4 Å². The van der Waals surface area contributed by atoms with E-state index in [9.17, 15) is 0 Å². The van der Waals surface area contributed by atoms with Crippen molar-refractivity contribution >= 4 is 11.3 Å². The molecule has 21 heavy (non-hydrogen) atoms. The summed E-state index contributed by atoms with van der Waals surface area (Å²) in [6.45, 7) is 0.571. The van der Waals surface area contributed by atoms with E-state index < -0.39 is 0 Å². The zero-order chi connectivity index (χ0) is 14.2. The van der Waals surface area contributed by atoms with Crippen LogP contribution in [0.4, 0.5) is 0 Å². The Hall–Kier alpha value is -1.97. The highest BCUT2D eigenvalue weighted by molar-refractivity contribution is 7.15. The van der Waals surface area contributed by atoms with Crippen molar-refractivity contribution < 1.29 is 0 Å². The second-order valence-corrected chi connectivity index (χ2v) is 6.44. The summed E-state index contributed by atoms with van der Waals surface area (Å²) in [5.74, 6) is 0. The highest BCUT2D eigenvalue weighted by atomic mass is 32.1. The highest BCUT2D eigenvalue weighted by Gasteiger charge is 2.20. The topological polar surface area (TPSA) is 38.9 Å². The summed E-state index contributed by atoms with van der Waals surface area (Å²) in [5, 5.41) is 1.10. The molecule has 4 rings (SSSR count). The van der Waals surface area contributed by atoms with Crippen molar-refractivity contribution in [2.75, 3.05) is 0 Å². The summed E-state index contributed by atoms with van der Waals surface area (Å²) < 4.78 is 0. The lowest BCUT2D eigenvalue weighted by Gasteiger charge is -2.13. The van der Waals surface area contributed by atoms with Crippen molar-refractivity contribution in [2.45, 2.75) is 19.4 Å². The molecule has 1 aliphatic rings. The first kappa shape index (κ1) is 12.7. The van der Waals surface area contributed by atoms with Gasteiger partial charge < -0.3 is 5.73 Å². The molecule has 1 aromatic heterocycles. The van der Waals surface area contributed by atoms with Crippen LogP contribution in [0.15, 0.2) is 48.5 Å². The molecule has 2 N–H and O–H groups in total. The fraction of sp³-hybridized carbons (Fsp3) is 0.167. The predicted molar refractivity (Wildman–Crippen MR) is 88.3 cm³/mol. The van der Waals surface area contributed by atoms with Crippen LogP contribution in [0, 0.1) is 0 Å². The first-order chi connectivity index (χ1) is 10.3. The Morgan fingerprint density at radius 2 is 1.95 bits per heavy atom. The molecular weight excluding hydrogens is 276 g/mol. The van der Waals surface area contributed by atoms with Crippen molar-refractivity contribution in [1.82, 2.24) is 4.98 Å². The molecule has 0 atom stereocenters. The third kappa shape index (κ3) is 2.19. The molecule has 0 spiro atoms. The molecule has 2 nitrogen and oxygen atoms in total. The molecule has 0 saturated carbocycles. The van der Waals surface area contributed by atoms with Gasteiger partial charge in [-0.25, -0.2) is 4.98 Å². The lowest BCUT2D eigenvalue weighted by atomic mass is 9.94. The van der Waals surface area contributed by atoms with E-state index >= 15 is 0 Å². The van der Waals surface area contributed by atoms with Gasteiger partial charge in [0.05, 0.1) is 5.69 Å². The van der Waals surface area contributed by atoms with Crippen LogP contribution in [0.25, 0.3) is 21.8 Å². The SMILES string of the molecule is NCc1cccc(-c2nc3c(s2)CCc2ccccc2-3)c1. The van der Waals surface area contributed by atoms with Gasteiger partial charge in [-0.1, -0.05) is 42.5 Å². The Balaban J connectivity index is 1.83. The molecule has 0 fully saturated rings. The molecule has 0 radical (unpaired) electrons. The molecule has 0 amide bonds. The van der Waals surface area contributed by atoms with E-state index in [1.807, 2.05) is 11.3 Å². The van der Waals surface area contributed by atoms with Crippen molar-refractivity contribution in [2.24, 2.45) is 5.73 Å². The summed E-state index contributed by atoms with van der Waals surface area (Å²) in [7, 11) is 0. The van der Waals surface area contributed by atoms with Crippen LogP contribution in [0.2, 0.25) is 0 Å². The monoisotopic (exact) mass is 292 g/mol. The minimum absolute atomic E-state index is 0.571. The minimum atomic E-state index is 0.571. The maximum Gasteiger partial charge on any atom is 0.124 e. The van der Waals surface area contributed by atoms with E-state index in [-0.39, 0.29) is 0 Å². The van der Waals surface area contributed by atoms with Crippen LogP contribution in [0.1, 0.15) is 16.0 Å². The number of aryl methyl sites for hydroxylation is 2. The van der Waals surface area contributed by atoms with Crippen molar-refractivity contribution in [1.29, 1.82) is 0 Å². The zero-order valence-electron chi connectivity index (χ0n) is 11.7. The Morgan fingerprint density at radius 1 is 1.05 bits per heavy atom. The molecule has 0 saturated heterocycles. The highest BCUT2D eigenvalue weighted by Crippen LogP contribution is 2.39. The standard InChI is InChI=1S/C18H16N2S/c19-11-12-4-3-6-14(10-12)18-20-17-15-7-2-1-5-13(15)8-9-16(17)21-18/h1-7,10H,8-9,11,19H2. The van der Waals surface area contributed by atoms with Crippen LogP contribution in [0.3, 0.4) is 0 Å². The zero-order valence-corrected chi connectivity index (χ0v) is 12.5. The van der Waals surface area contributed by atoms with Gasteiger partial charge in [0.2, 0.25) is 0 Å². The molecule has 0 aliphatic heterocycles. The van der Waals surface area contributed by atoms with Crippen LogP contribution in [-0.4, -0.2) is 4.98 Å². The number of rotatable bonds is 2. The average Bonchev–Trinajstić information content (AvgIpc) is 2.99. The Bertz CT molecular complexity index is 804. The second-order valence-electron chi connectivity index (χ2n) is 5.35. The number of fused-ring (bicyclic) bond motifs is 3. The van der Waals surface area contributed by atoms with Gasteiger partial charge in [-0.3, -0.25) is 0 Å². The minimum Gasteiger partial charge on any atom is -0.326 e. The Kier molecular flexibility index (Phi) is 3.09. The normalized spacial score (nSPS) is 12.8. The largest absolute Gasteiger partial charge is 0.326 e. The number of hydrogen-bond donors (Lipinski definition) is 1. The lowest BCUT2D eigenvalue weighted by molar-refractivity contribution is 0.955. The number of nitrogens with two attached hydrogens (primary N) is 1. The number of nitrogens with zero attached hydrogens (tertiary/aromatic N) is 1. The maximum atomic E-state index is 5.74. The van der Waals surface area contributed by atoms with Gasteiger partial charge >= 0.3 is 0 Å². The molecule has 2 aromatic carbocycles. The number of aromatic nitrogens is 1. The maximum absolute atomic E-state index is 5.74. The first-order valence-electron chi connectivity index (χ1n) is 7.22. The molecule has 3 aromatic rings. The molecule has 104 valence electrons. The third-order valence-electron chi connectivity index (χ3n) is 4.00. The van der Waals surface area contributed by atoms with Crippen molar-refractivity contribution in [3.05, 3.63) is 64.5 Å². The van der Waals surface area contributed by atoms with Gasteiger partial charge in [0.25, 0.3) is 0 Å². The first-order valence-corrected chi connectivity index (χ1v) is 8.04. The number of benzene rings is 2. The van der Waals surface area contributed by atoms with Crippen LogP contribution < -0.4 is 5.73 Å². The van der Waals surface area contributed by atoms with Crippen molar-refractivity contribution in [3.63, 3.8) is 0 Å². The fourth-order valence-electron chi connectivity index (χ4n) is 2.90. The van der Waals surface area contributed by atoms with E-state index in [1.54, 1.807) is 0 Å². The van der Waals surface area contributed by atoms with Gasteiger partial charge in [0, 0.05) is 22.5 Å². The summed E-state index contributed by atoms with van der Waals surface area (Å²) in [6.07, 6.45) is 2.22. The van der Waals surface area contributed by atoms with Gasteiger partial charge in [0.15, 0.2) is 0 Å². The summed E-state index contributed by atoms with van der Waals surface area (Å²) in [6, 6.07) is 17.0. The van der Waals surface area contributed by atoms with E-state index in [0.29, 0.717) is 6.54 Å². The quantitative estimate of drug-likeness (QED) is 0.774. The van der Waals surface area contributed by atoms with Gasteiger partial charge in [-0.15, -0.1) is 11.3 Å². The van der Waals surface area contributed by atoms with E-state index in [4.69, 9.17) is 10.7 Å². The number of thiazole rings is 1.